The fourth-order valence-electron chi connectivity index (χ4n) is 5.57. The first-order valence-electron chi connectivity index (χ1n) is 11.4. The maximum Gasteiger partial charge on any atom is 0.255 e. The molecular formula is C22H32N4O3. The van der Waals surface area contributed by atoms with E-state index in [1.807, 2.05) is 0 Å². The number of amides is 1. The molecule has 3 heterocycles. The molecule has 0 bridgehead atoms. The zero-order valence-electron chi connectivity index (χ0n) is 17.3. The summed E-state index contributed by atoms with van der Waals surface area (Å²) in [6.45, 7) is 4.40. The molecule has 7 nitrogen and oxygen atoms in total. The SMILES string of the molecule is O=C(CCC1CCC1)N1CCCC2(CCc3c2nc(N2CCOCC2)[nH]c3=O)C1. The van der Waals surface area contributed by atoms with Crippen molar-refractivity contribution in [1.29, 1.82) is 0 Å². The van der Waals surface area contributed by atoms with Gasteiger partial charge in [0.1, 0.15) is 0 Å². The van der Waals surface area contributed by atoms with Crippen molar-refractivity contribution in [3.63, 3.8) is 0 Å². The lowest BCUT2D eigenvalue weighted by Crippen LogP contribution is -2.48. The number of nitrogens with zero attached hydrogens (tertiary/aromatic N) is 3. The van der Waals surface area contributed by atoms with Gasteiger partial charge in [0.05, 0.1) is 18.9 Å². The molecule has 2 aliphatic heterocycles. The fourth-order valence-corrected chi connectivity index (χ4v) is 5.57. The molecule has 29 heavy (non-hydrogen) atoms. The average molecular weight is 401 g/mol. The van der Waals surface area contributed by atoms with Gasteiger partial charge >= 0.3 is 0 Å². The van der Waals surface area contributed by atoms with E-state index in [0.717, 1.165) is 75.5 Å². The summed E-state index contributed by atoms with van der Waals surface area (Å²) in [4.78, 5) is 37.9. The standard InChI is InChI=1S/C22H32N4O3/c27-18(6-5-16-3-1-4-16)26-10-2-8-22(15-26)9-7-17-19(22)23-21(24-20(17)28)25-11-13-29-14-12-25/h16H,1-15H2,(H,23,24,28). The van der Waals surface area contributed by atoms with Crippen molar-refractivity contribution in [3.8, 4) is 0 Å². The molecule has 158 valence electrons. The number of ether oxygens (including phenoxy) is 1. The third-order valence-corrected chi connectivity index (χ3v) is 7.59. The summed E-state index contributed by atoms with van der Waals surface area (Å²) in [6, 6.07) is 0. The Kier molecular flexibility index (Phi) is 5.10. The number of likely N-dealkylation sites (tertiary alicyclic amines) is 1. The maximum absolute atomic E-state index is 12.9. The fraction of sp³-hybridized carbons (Fsp3) is 0.773. The monoisotopic (exact) mass is 400 g/mol. The van der Waals surface area contributed by atoms with Gasteiger partial charge in [0.25, 0.3) is 5.56 Å². The van der Waals surface area contributed by atoms with E-state index in [0.29, 0.717) is 31.5 Å². The zero-order chi connectivity index (χ0) is 19.8. The number of morpholine rings is 1. The Labute approximate surface area is 171 Å². The second kappa shape index (κ2) is 7.74. The predicted molar refractivity (Wildman–Crippen MR) is 110 cm³/mol. The van der Waals surface area contributed by atoms with Gasteiger partial charge in [-0.2, -0.15) is 0 Å². The highest BCUT2D eigenvalue weighted by atomic mass is 16.5. The first-order valence-corrected chi connectivity index (χ1v) is 11.4. The summed E-state index contributed by atoms with van der Waals surface area (Å²) in [6.07, 6.45) is 9.34. The van der Waals surface area contributed by atoms with E-state index < -0.39 is 0 Å². The van der Waals surface area contributed by atoms with E-state index in [-0.39, 0.29) is 11.0 Å². The van der Waals surface area contributed by atoms with Crippen molar-refractivity contribution in [2.75, 3.05) is 44.3 Å². The number of hydrogen-bond acceptors (Lipinski definition) is 5. The van der Waals surface area contributed by atoms with Crippen LogP contribution in [0, 0.1) is 5.92 Å². The minimum atomic E-state index is -0.144. The molecule has 5 rings (SSSR count). The molecule has 2 aliphatic carbocycles. The van der Waals surface area contributed by atoms with Crippen LogP contribution in [0.4, 0.5) is 5.95 Å². The molecule has 4 aliphatic rings. The van der Waals surface area contributed by atoms with Crippen molar-refractivity contribution in [2.45, 2.75) is 63.2 Å². The van der Waals surface area contributed by atoms with E-state index in [2.05, 4.69) is 14.8 Å². The van der Waals surface area contributed by atoms with E-state index in [1.165, 1.54) is 19.3 Å². The van der Waals surface area contributed by atoms with Crippen molar-refractivity contribution >= 4 is 11.9 Å². The van der Waals surface area contributed by atoms with Crippen LogP contribution >= 0.6 is 0 Å². The molecule has 1 atom stereocenters. The molecule has 1 saturated carbocycles. The highest BCUT2D eigenvalue weighted by molar-refractivity contribution is 5.76. The van der Waals surface area contributed by atoms with Crippen molar-refractivity contribution in [1.82, 2.24) is 14.9 Å². The van der Waals surface area contributed by atoms with Crippen LogP contribution in [-0.2, 0) is 21.4 Å². The molecule has 7 heteroatoms. The van der Waals surface area contributed by atoms with Gasteiger partial charge in [-0.25, -0.2) is 4.98 Å². The van der Waals surface area contributed by atoms with Gasteiger partial charge in [-0.05, 0) is 38.0 Å². The number of aromatic amines is 1. The van der Waals surface area contributed by atoms with Crippen LogP contribution in [-0.4, -0.2) is 60.2 Å². The largest absolute Gasteiger partial charge is 0.378 e. The summed E-state index contributed by atoms with van der Waals surface area (Å²) in [5, 5.41) is 0. The summed E-state index contributed by atoms with van der Waals surface area (Å²) < 4.78 is 5.44. The van der Waals surface area contributed by atoms with Crippen LogP contribution in [0.3, 0.4) is 0 Å². The number of nitrogens with one attached hydrogen (secondary N) is 1. The number of hydrogen-bond donors (Lipinski definition) is 1. The number of carbonyl (C=O) groups is 1. The van der Waals surface area contributed by atoms with Crippen molar-refractivity contribution in [2.24, 2.45) is 5.92 Å². The normalized spacial score (nSPS) is 27.2. The Morgan fingerprint density at radius 3 is 2.76 bits per heavy atom. The van der Waals surface area contributed by atoms with E-state index in [9.17, 15) is 9.59 Å². The van der Waals surface area contributed by atoms with Crippen molar-refractivity contribution in [3.05, 3.63) is 21.6 Å². The lowest BCUT2D eigenvalue weighted by Gasteiger charge is -2.41. The summed E-state index contributed by atoms with van der Waals surface area (Å²) >= 11 is 0. The minimum Gasteiger partial charge on any atom is -0.378 e. The number of H-pyrrole nitrogens is 1. The van der Waals surface area contributed by atoms with Crippen LogP contribution in [0.2, 0.25) is 0 Å². The first kappa shape index (κ1) is 19.1. The van der Waals surface area contributed by atoms with E-state index in [4.69, 9.17) is 9.72 Å². The Bertz CT molecular complexity index is 828. The molecular weight excluding hydrogens is 368 g/mol. The molecule has 0 radical (unpaired) electrons. The van der Waals surface area contributed by atoms with Crippen LogP contribution in [0.15, 0.2) is 4.79 Å². The predicted octanol–water partition coefficient (Wildman–Crippen LogP) is 1.99. The van der Waals surface area contributed by atoms with Crippen LogP contribution < -0.4 is 10.5 Å². The van der Waals surface area contributed by atoms with Gasteiger partial charge in [-0.3, -0.25) is 14.6 Å². The number of carbonyl (C=O) groups excluding carboxylic acids is 1. The third-order valence-electron chi connectivity index (χ3n) is 7.59. The second-order valence-corrected chi connectivity index (χ2v) is 9.35. The molecule has 3 fully saturated rings. The van der Waals surface area contributed by atoms with Gasteiger partial charge < -0.3 is 14.5 Å². The molecule has 1 spiro atoms. The minimum absolute atomic E-state index is 0.00167. The number of aromatic nitrogens is 2. The lowest BCUT2D eigenvalue weighted by molar-refractivity contribution is -0.134. The molecule has 1 aromatic rings. The summed E-state index contributed by atoms with van der Waals surface area (Å²) in [5.74, 6) is 1.73. The quantitative estimate of drug-likeness (QED) is 0.836. The highest BCUT2D eigenvalue weighted by Gasteiger charge is 2.45. The second-order valence-electron chi connectivity index (χ2n) is 9.35. The Balaban J connectivity index is 1.36. The molecule has 1 aromatic heterocycles. The number of piperidine rings is 1. The first-order chi connectivity index (χ1) is 14.1. The average Bonchev–Trinajstić information content (AvgIpc) is 3.05. The summed E-state index contributed by atoms with van der Waals surface area (Å²) in [5.41, 5.74) is 1.65. The topological polar surface area (TPSA) is 78.5 Å². The maximum atomic E-state index is 12.9. The van der Waals surface area contributed by atoms with Crippen LogP contribution in [0.25, 0.3) is 0 Å². The van der Waals surface area contributed by atoms with Crippen molar-refractivity contribution < 1.29 is 9.53 Å². The van der Waals surface area contributed by atoms with Gasteiger partial charge in [-0.1, -0.05) is 19.3 Å². The Morgan fingerprint density at radius 2 is 2.00 bits per heavy atom. The van der Waals surface area contributed by atoms with Crippen LogP contribution in [0.1, 0.15) is 62.6 Å². The van der Waals surface area contributed by atoms with Gasteiger partial charge in [-0.15, -0.1) is 0 Å². The zero-order valence-corrected chi connectivity index (χ0v) is 17.3. The smallest absolute Gasteiger partial charge is 0.255 e. The van der Waals surface area contributed by atoms with E-state index >= 15 is 0 Å². The van der Waals surface area contributed by atoms with Gasteiger partial charge in [0, 0.05) is 43.6 Å². The molecule has 1 amide bonds. The summed E-state index contributed by atoms with van der Waals surface area (Å²) in [7, 11) is 0. The molecule has 1 N–H and O–H groups in total. The number of rotatable bonds is 4. The molecule has 0 aromatic carbocycles. The van der Waals surface area contributed by atoms with Crippen LogP contribution in [0.5, 0.6) is 0 Å². The molecule has 2 saturated heterocycles. The lowest BCUT2D eigenvalue weighted by atomic mass is 9.77. The number of anilines is 1. The van der Waals surface area contributed by atoms with Gasteiger partial charge in [0.2, 0.25) is 11.9 Å². The highest BCUT2D eigenvalue weighted by Crippen LogP contribution is 2.43. The van der Waals surface area contributed by atoms with Gasteiger partial charge in [0.15, 0.2) is 0 Å². The van der Waals surface area contributed by atoms with E-state index in [1.54, 1.807) is 0 Å². The third kappa shape index (κ3) is 3.58. The Hall–Kier alpha value is -1.89. The molecule has 1 unspecified atom stereocenters. The number of fused-ring (bicyclic) bond motifs is 2. The Morgan fingerprint density at radius 1 is 1.17 bits per heavy atom.